The van der Waals surface area contributed by atoms with E-state index in [0.717, 1.165) is 5.56 Å². The molecule has 1 aromatic carbocycles. The maximum atomic E-state index is 12.7. The van der Waals surface area contributed by atoms with E-state index in [1.54, 1.807) is 12.1 Å². The van der Waals surface area contributed by atoms with E-state index in [4.69, 9.17) is 5.73 Å². The predicted molar refractivity (Wildman–Crippen MR) is 82.5 cm³/mol. The summed E-state index contributed by atoms with van der Waals surface area (Å²) in [6.45, 7) is 6.34. The highest BCUT2D eigenvalue weighted by Gasteiger charge is 2.36. The van der Waals surface area contributed by atoms with Gasteiger partial charge in [-0.05, 0) is 35.6 Å². The molecule has 1 aliphatic heterocycles. The molecule has 0 saturated carbocycles. The van der Waals surface area contributed by atoms with Crippen molar-refractivity contribution < 1.29 is 13.2 Å². The summed E-state index contributed by atoms with van der Waals surface area (Å²) in [4.78, 5) is 11.4. The maximum Gasteiger partial charge on any atom is 0.312 e. The van der Waals surface area contributed by atoms with Crippen molar-refractivity contribution in [1.29, 1.82) is 0 Å². The zero-order chi connectivity index (χ0) is 16.5. The van der Waals surface area contributed by atoms with Crippen LogP contribution in [0.3, 0.4) is 0 Å². The van der Waals surface area contributed by atoms with E-state index >= 15 is 0 Å². The van der Waals surface area contributed by atoms with Crippen LogP contribution in [0.5, 0.6) is 0 Å². The molecule has 2 amide bonds. The smallest absolute Gasteiger partial charge is 0.312 e. The van der Waals surface area contributed by atoms with Crippen LogP contribution in [0.15, 0.2) is 17.0 Å². The molecule has 1 heterocycles. The summed E-state index contributed by atoms with van der Waals surface area (Å²) in [6.07, 6.45) is 0.618. The Labute approximate surface area is 131 Å². The number of amides is 2. The van der Waals surface area contributed by atoms with Crippen LogP contribution in [-0.4, -0.2) is 37.9 Å². The number of primary amides is 1. The zero-order valence-electron chi connectivity index (χ0n) is 13.0. The topological polar surface area (TPSA) is 92.5 Å². The molecule has 7 heteroatoms. The van der Waals surface area contributed by atoms with Crippen molar-refractivity contribution in [1.82, 2.24) is 9.62 Å². The number of hydrogen-bond acceptors (Lipinski definition) is 3. The van der Waals surface area contributed by atoms with Crippen LogP contribution >= 0.6 is 0 Å². The first-order valence-electron chi connectivity index (χ1n) is 7.10. The molecule has 0 aliphatic carbocycles. The molecule has 0 aromatic heterocycles. The zero-order valence-corrected chi connectivity index (χ0v) is 13.8. The number of urea groups is 1. The summed E-state index contributed by atoms with van der Waals surface area (Å²) in [5.74, 6) is 0. The summed E-state index contributed by atoms with van der Waals surface area (Å²) < 4.78 is 26.7. The van der Waals surface area contributed by atoms with Crippen molar-refractivity contribution in [2.24, 2.45) is 11.1 Å². The summed E-state index contributed by atoms with van der Waals surface area (Å²) >= 11 is 0. The number of carbonyl (C=O) groups is 1. The second kappa shape index (κ2) is 5.78. The molecule has 0 spiro atoms. The fourth-order valence-electron chi connectivity index (χ4n) is 2.43. The molecular weight excluding hydrogens is 302 g/mol. The van der Waals surface area contributed by atoms with Crippen LogP contribution in [0.4, 0.5) is 4.79 Å². The Hall–Kier alpha value is -1.78. The number of fused-ring (bicyclic) bond motifs is 1. The molecule has 1 unspecified atom stereocenters. The number of nitrogens with one attached hydrogen (secondary N) is 1. The van der Waals surface area contributed by atoms with Crippen LogP contribution in [0, 0.1) is 17.5 Å². The first-order chi connectivity index (χ1) is 10.1. The lowest BCUT2D eigenvalue weighted by molar-refractivity contribution is 0.207. The molecule has 2 rings (SSSR count). The fourth-order valence-corrected chi connectivity index (χ4v) is 4.05. The van der Waals surface area contributed by atoms with Crippen LogP contribution in [0.1, 0.15) is 26.3 Å². The average Bonchev–Trinajstić information content (AvgIpc) is 2.39. The van der Waals surface area contributed by atoms with E-state index in [0.29, 0.717) is 13.0 Å². The number of nitrogens with two attached hydrogens (primary N) is 1. The third-order valence-electron chi connectivity index (χ3n) is 3.82. The Kier molecular flexibility index (Phi) is 4.36. The van der Waals surface area contributed by atoms with Gasteiger partial charge >= 0.3 is 6.03 Å². The second-order valence-electron chi connectivity index (χ2n) is 6.50. The van der Waals surface area contributed by atoms with Crippen LogP contribution in [-0.2, 0) is 16.4 Å². The average molecular weight is 323 g/mol. The number of carbonyl (C=O) groups excluding carboxylic acids is 1. The van der Waals surface area contributed by atoms with Gasteiger partial charge in [-0.25, -0.2) is 13.2 Å². The highest BCUT2D eigenvalue weighted by atomic mass is 32.2. The highest BCUT2D eigenvalue weighted by Crippen LogP contribution is 2.27. The van der Waals surface area contributed by atoms with Crippen molar-refractivity contribution in [2.45, 2.75) is 38.1 Å². The van der Waals surface area contributed by atoms with E-state index in [1.165, 1.54) is 4.31 Å². The SMILES string of the molecule is CC(C)(C)C(CN1CCc2ccc#cc2S1(=O)=O)NC(N)=O. The number of nitrogens with zero attached hydrogens (tertiary/aromatic N) is 1. The molecule has 1 aromatic rings. The fraction of sp³-hybridized carbons (Fsp3) is 0.533. The lowest BCUT2D eigenvalue weighted by Gasteiger charge is -2.36. The third-order valence-corrected chi connectivity index (χ3v) is 5.71. The lowest BCUT2D eigenvalue weighted by Crippen LogP contribution is -2.54. The molecule has 1 atom stereocenters. The molecular formula is C15H21N3O3S. The van der Waals surface area contributed by atoms with Crippen molar-refractivity contribution in [3.05, 3.63) is 29.8 Å². The first kappa shape index (κ1) is 16.6. The summed E-state index contributed by atoms with van der Waals surface area (Å²) in [5, 5.41) is 2.64. The molecule has 0 saturated heterocycles. The predicted octanol–water partition coefficient (Wildman–Crippen LogP) is 0.917. The van der Waals surface area contributed by atoms with Gasteiger partial charge in [-0.15, -0.1) is 0 Å². The van der Waals surface area contributed by atoms with E-state index in [2.05, 4.69) is 17.4 Å². The van der Waals surface area contributed by atoms with Gasteiger partial charge < -0.3 is 11.1 Å². The largest absolute Gasteiger partial charge is 0.352 e. The van der Waals surface area contributed by atoms with E-state index < -0.39 is 16.1 Å². The van der Waals surface area contributed by atoms with Crippen molar-refractivity contribution in [2.75, 3.05) is 13.1 Å². The van der Waals surface area contributed by atoms with Gasteiger partial charge in [-0.1, -0.05) is 26.8 Å². The van der Waals surface area contributed by atoms with Crippen molar-refractivity contribution in [3.63, 3.8) is 0 Å². The van der Waals surface area contributed by atoms with Crippen LogP contribution < -0.4 is 11.1 Å². The Morgan fingerprint density at radius 3 is 2.77 bits per heavy atom. The van der Waals surface area contributed by atoms with Crippen molar-refractivity contribution >= 4 is 16.1 Å². The second-order valence-corrected chi connectivity index (χ2v) is 8.37. The normalized spacial score (nSPS) is 18.9. The quantitative estimate of drug-likeness (QED) is 0.866. The molecule has 0 fully saturated rings. The van der Waals surface area contributed by atoms with Gasteiger partial charge in [0.2, 0.25) is 0 Å². The van der Waals surface area contributed by atoms with Crippen LogP contribution in [0.2, 0.25) is 0 Å². The van der Waals surface area contributed by atoms with Gasteiger partial charge in [0.05, 0.1) is 0 Å². The molecule has 22 heavy (non-hydrogen) atoms. The summed E-state index contributed by atoms with van der Waals surface area (Å²) in [7, 11) is -3.62. The highest BCUT2D eigenvalue weighted by molar-refractivity contribution is 7.89. The van der Waals surface area contributed by atoms with Crippen molar-refractivity contribution in [3.8, 4) is 0 Å². The van der Waals surface area contributed by atoms with Gasteiger partial charge in [0.1, 0.15) is 4.90 Å². The third kappa shape index (κ3) is 3.34. The Bertz CT molecular complexity index is 665. The van der Waals surface area contributed by atoms with Gasteiger partial charge in [0, 0.05) is 19.1 Å². The van der Waals surface area contributed by atoms with Gasteiger partial charge in [-0.3, -0.25) is 0 Å². The number of hydrogen-bond donors (Lipinski definition) is 2. The lowest BCUT2D eigenvalue weighted by atomic mass is 9.86. The first-order valence-corrected chi connectivity index (χ1v) is 8.54. The minimum Gasteiger partial charge on any atom is -0.352 e. The molecule has 0 bridgehead atoms. The monoisotopic (exact) mass is 323 g/mol. The number of sulfonamides is 1. The molecule has 120 valence electrons. The van der Waals surface area contributed by atoms with Gasteiger partial charge in [-0.2, -0.15) is 4.31 Å². The molecule has 0 radical (unpaired) electrons. The Morgan fingerprint density at radius 1 is 1.50 bits per heavy atom. The van der Waals surface area contributed by atoms with E-state index in [9.17, 15) is 13.2 Å². The van der Waals surface area contributed by atoms with Crippen LogP contribution in [0.25, 0.3) is 0 Å². The van der Waals surface area contributed by atoms with Gasteiger partial charge in [0.15, 0.2) is 0 Å². The minimum atomic E-state index is -3.62. The van der Waals surface area contributed by atoms with E-state index in [-0.39, 0.29) is 22.9 Å². The molecule has 6 nitrogen and oxygen atoms in total. The van der Waals surface area contributed by atoms with Gasteiger partial charge in [0.25, 0.3) is 10.0 Å². The Morgan fingerprint density at radius 2 is 2.18 bits per heavy atom. The maximum absolute atomic E-state index is 12.7. The van der Waals surface area contributed by atoms with E-state index in [1.807, 2.05) is 20.8 Å². The summed E-state index contributed by atoms with van der Waals surface area (Å²) in [6, 6.07) is 7.77. The number of rotatable bonds is 3. The minimum absolute atomic E-state index is 0.174. The molecule has 1 aliphatic rings. The standard InChI is InChI=1S/C15H21N3O3S/c1-15(2,3)13(17-14(16)19)10-18-9-8-11-6-4-5-7-12(11)22(18,20)21/h4,6,13H,8-10H2,1-3H3,(H3,16,17,19). The Balaban J connectivity index is 2.28. The molecule has 3 N–H and O–H groups in total. The summed E-state index contributed by atoms with van der Waals surface area (Å²) in [5.41, 5.74) is 5.64.